The molecule has 0 aromatic carbocycles. The van der Waals surface area contributed by atoms with Gasteiger partial charge in [0.25, 0.3) is 0 Å². The van der Waals surface area contributed by atoms with Crippen molar-refractivity contribution in [2.45, 2.75) is 101 Å². The van der Waals surface area contributed by atoms with Gasteiger partial charge in [0.15, 0.2) is 0 Å². The normalized spacial score (nSPS) is 40.8. The second-order valence-electron chi connectivity index (χ2n) is 9.31. The van der Waals surface area contributed by atoms with Gasteiger partial charge in [0.05, 0.1) is 43.0 Å². The van der Waals surface area contributed by atoms with E-state index in [2.05, 4.69) is 0 Å². The lowest BCUT2D eigenvalue weighted by atomic mass is 9.88. The van der Waals surface area contributed by atoms with Crippen LogP contribution in [0.15, 0.2) is 0 Å². The van der Waals surface area contributed by atoms with Crippen LogP contribution in [0.1, 0.15) is 46.5 Å². The first-order chi connectivity index (χ1) is 13.6. The molecule has 0 amide bonds. The van der Waals surface area contributed by atoms with E-state index < -0.39 is 54.7 Å². The summed E-state index contributed by atoms with van der Waals surface area (Å²) >= 11 is 0. The van der Waals surface area contributed by atoms with E-state index in [4.69, 9.17) is 24.1 Å². The summed E-state index contributed by atoms with van der Waals surface area (Å²) in [6.45, 7) is 5.21. The number of fused-ring (bicyclic) bond motifs is 2. The van der Waals surface area contributed by atoms with Crippen LogP contribution in [0.5, 0.6) is 0 Å². The van der Waals surface area contributed by atoms with Crippen LogP contribution >= 0.6 is 0 Å². The Morgan fingerprint density at radius 2 is 1.76 bits per heavy atom. The van der Waals surface area contributed by atoms with Gasteiger partial charge in [-0.1, -0.05) is 0 Å². The third-order valence-electron chi connectivity index (χ3n) is 5.87. The van der Waals surface area contributed by atoms with Crippen LogP contribution in [0, 0.1) is 5.41 Å². The minimum Gasteiger partial charge on any atom is -0.465 e. The Morgan fingerprint density at radius 1 is 1.07 bits per heavy atom. The molecule has 29 heavy (non-hydrogen) atoms. The second-order valence-corrected chi connectivity index (χ2v) is 9.31. The summed E-state index contributed by atoms with van der Waals surface area (Å²) in [7, 11) is 0. The number of rotatable bonds is 6. The molecule has 0 aromatic rings. The molecule has 0 bridgehead atoms. The second kappa shape index (κ2) is 9.13. The van der Waals surface area contributed by atoms with Gasteiger partial charge in [0.2, 0.25) is 0 Å². The maximum absolute atomic E-state index is 11.9. The van der Waals surface area contributed by atoms with Crippen LogP contribution in [-0.4, -0.2) is 94.5 Å². The molecule has 0 saturated carbocycles. The van der Waals surface area contributed by atoms with Crippen LogP contribution in [0.25, 0.3) is 0 Å². The molecule has 3 aliphatic rings. The third-order valence-corrected chi connectivity index (χ3v) is 5.87. The highest BCUT2D eigenvalue weighted by atomic mass is 16.6. The highest BCUT2D eigenvalue weighted by Gasteiger charge is 2.56. The topological polar surface area (TPSA) is 135 Å². The SMILES string of the molecule is CC(C)(C)C(=O)OCC[C@H]1CC[C@@H]2O[C@H]3[C@@H](O)[C@@H](C[C@@H](O)CO)O[C@H]3[C@@H](O)[C@H]2O1. The molecule has 4 N–H and O–H groups in total. The van der Waals surface area contributed by atoms with Crippen molar-refractivity contribution in [2.24, 2.45) is 5.41 Å². The molecule has 3 rings (SSSR count). The van der Waals surface area contributed by atoms with Crippen molar-refractivity contribution < 1.29 is 44.2 Å². The molecule has 3 saturated heterocycles. The Balaban J connectivity index is 1.54. The maximum atomic E-state index is 11.9. The Morgan fingerprint density at radius 3 is 2.41 bits per heavy atom. The lowest BCUT2D eigenvalue weighted by Gasteiger charge is -2.46. The van der Waals surface area contributed by atoms with Crippen molar-refractivity contribution >= 4 is 5.97 Å². The Hall–Kier alpha value is -0.810. The van der Waals surface area contributed by atoms with Gasteiger partial charge < -0.3 is 39.4 Å². The average Bonchev–Trinajstić information content (AvgIpc) is 2.97. The zero-order valence-electron chi connectivity index (χ0n) is 17.3. The largest absolute Gasteiger partial charge is 0.465 e. The molecule has 3 heterocycles. The lowest BCUT2D eigenvalue weighted by molar-refractivity contribution is -0.260. The van der Waals surface area contributed by atoms with Crippen molar-refractivity contribution in [1.82, 2.24) is 0 Å². The van der Waals surface area contributed by atoms with Gasteiger partial charge in [-0.2, -0.15) is 0 Å². The van der Waals surface area contributed by atoms with Crippen molar-refractivity contribution in [2.75, 3.05) is 13.2 Å². The fourth-order valence-corrected chi connectivity index (χ4v) is 4.18. The number of carbonyl (C=O) groups excluding carboxylic acids is 1. The summed E-state index contributed by atoms with van der Waals surface area (Å²) in [6.07, 6.45) is -4.37. The van der Waals surface area contributed by atoms with Gasteiger partial charge in [-0.3, -0.25) is 4.79 Å². The first-order valence-electron chi connectivity index (χ1n) is 10.4. The molecular weight excluding hydrogens is 384 g/mol. The lowest BCUT2D eigenvalue weighted by Crippen LogP contribution is -2.61. The summed E-state index contributed by atoms with van der Waals surface area (Å²) in [5, 5.41) is 39.9. The van der Waals surface area contributed by atoms with Crippen molar-refractivity contribution in [3.8, 4) is 0 Å². The smallest absolute Gasteiger partial charge is 0.311 e. The highest BCUT2D eigenvalue weighted by Crippen LogP contribution is 2.40. The van der Waals surface area contributed by atoms with Gasteiger partial charge in [0, 0.05) is 12.8 Å². The number of esters is 1. The summed E-state index contributed by atoms with van der Waals surface area (Å²) in [4.78, 5) is 11.9. The zero-order chi connectivity index (χ0) is 21.3. The molecule has 0 spiro atoms. The van der Waals surface area contributed by atoms with Crippen LogP contribution in [-0.2, 0) is 23.7 Å². The molecule has 0 radical (unpaired) electrons. The number of carbonyl (C=O) groups is 1. The quantitative estimate of drug-likeness (QED) is 0.422. The van der Waals surface area contributed by atoms with Crippen molar-refractivity contribution in [1.29, 1.82) is 0 Å². The van der Waals surface area contributed by atoms with Gasteiger partial charge in [-0.15, -0.1) is 0 Å². The van der Waals surface area contributed by atoms with Crippen LogP contribution in [0.2, 0.25) is 0 Å². The Labute approximate surface area is 170 Å². The number of aliphatic hydroxyl groups is 4. The Bertz CT molecular complexity index is 563. The average molecular weight is 418 g/mol. The summed E-state index contributed by atoms with van der Waals surface area (Å²) < 4.78 is 23.1. The van der Waals surface area contributed by atoms with Crippen LogP contribution in [0.3, 0.4) is 0 Å². The predicted molar refractivity (Wildman–Crippen MR) is 100.0 cm³/mol. The fraction of sp³-hybridized carbons (Fsp3) is 0.950. The van der Waals surface area contributed by atoms with E-state index in [1.807, 2.05) is 0 Å². The van der Waals surface area contributed by atoms with Gasteiger partial charge in [-0.25, -0.2) is 0 Å². The van der Waals surface area contributed by atoms with E-state index in [-0.39, 0.29) is 31.2 Å². The first kappa shape index (κ1) is 22.9. The van der Waals surface area contributed by atoms with Gasteiger partial charge in [-0.05, 0) is 33.6 Å². The van der Waals surface area contributed by atoms with E-state index in [1.165, 1.54) is 0 Å². The van der Waals surface area contributed by atoms with E-state index in [9.17, 15) is 20.1 Å². The molecular formula is C20H34O9. The van der Waals surface area contributed by atoms with Crippen LogP contribution < -0.4 is 0 Å². The zero-order valence-corrected chi connectivity index (χ0v) is 17.3. The molecule has 0 aliphatic carbocycles. The summed E-state index contributed by atoms with van der Waals surface area (Å²) in [5.74, 6) is -0.264. The Kier molecular flexibility index (Phi) is 7.20. The maximum Gasteiger partial charge on any atom is 0.311 e. The van der Waals surface area contributed by atoms with E-state index >= 15 is 0 Å². The molecule has 168 valence electrons. The standard InChI is InChI=1S/C20H34O9/c1-20(2,3)19(25)26-7-6-11-4-5-12-16(27-11)15(24)18-17(28-12)14(23)13(29-18)8-10(22)9-21/h10-18,21-24H,4-9H2,1-3H3/t10-,11-,12+,13-,14+,15+,16+,17+,18+/m1/s1. The molecule has 9 heteroatoms. The number of ether oxygens (including phenoxy) is 4. The number of hydrogen-bond donors (Lipinski definition) is 4. The summed E-state index contributed by atoms with van der Waals surface area (Å²) in [6, 6.07) is 0. The van der Waals surface area contributed by atoms with Crippen molar-refractivity contribution in [3.63, 3.8) is 0 Å². The fourth-order valence-electron chi connectivity index (χ4n) is 4.18. The van der Waals surface area contributed by atoms with E-state index in [0.717, 1.165) is 0 Å². The monoisotopic (exact) mass is 418 g/mol. The van der Waals surface area contributed by atoms with Crippen LogP contribution in [0.4, 0.5) is 0 Å². The number of aliphatic hydroxyl groups excluding tert-OH is 4. The number of hydrogen-bond acceptors (Lipinski definition) is 9. The highest BCUT2D eigenvalue weighted by molar-refractivity contribution is 5.75. The van der Waals surface area contributed by atoms with E-state index in [1.54, 1.807) is 20.8 Å². The third kappa shape index (κ3) is 5.10. The molecule has 0 aromatic heterocycles. The minimum atomic E-state index is -1.01. The predicted octanol–water partition coefficient (Wildman–Crippen LogP) is -0.487. The first-order valence-corrected chi connectivity index (χ1v) is 10.4. The molecule has 9 atom stereocenters. The van der Waals surface area contributed by atoms with Gasteiger partial charge >= 0.3 is 5.97 Å². The van der Waals surface area contributed by atoms with Gasteiger partial charge in [0.1, 0.15) is 30.5 Å². The van der Waals surface area contributed by atoms with E-state index in [0.29, 0.717) is 19.3 Å². The molecule has 9 nitrogen and oxygen atoms in total. The molecule has 3 aliphatic heterocycles. The van der Waals surface area contributed by atoms with Crippen molar-refractivity contribution in [3.05, 3.63) is 0 Å². The molecule has 3 fully saturated rings. The minimum absolute atomic E-state index is 0.0543. The molecule has 0 unspecified atom stereocenters. The summed E-state index contributed by atoms with van der Waals surface area (Å²) in [5.41, 5.74) is -0.554.